The van der Waals surface area contributed by atoms with E-state index in [1.165, 1.54) is 19.3 Å². The van der Waals surface area contributed by atoms with Crippen molar-refractivity contribution in [3.63, 3.8) is 0 Å². The van der Waals surface area contributed by atoms with Crippen LogP contribution >= 0.6 is 11.3 Å². The Morgan fingerprint density at radius 2 is 2.30 bits per heavy atom. The fourth-order valence-corrected chi connectivity index (χ4v) is 3.60. The van der Waals surface area contributed by atoms with Crippen LogP contribution in [0, 0.1) is 12.3 Å². The lowest BCUT2D eigenvalue weighted by Crippen LogP contribution is -2.41. The second-order valence-electron chi connectivity index (χ2n) is 6.48. The second kappa shape index (κ2) is 8.64. The molecule has 1 aliphatic carbocycles. The smallest absolute Gasteiger partial charge is 0.194 e. The van der Waals surface area contributed by atoms with Crippen molar-refractivity contribution in [1.29, 1.82) is 0 Å². The fraction of sp³-hybridized carbons (Fsp3) is 0.765. The highest BCUT2D eigenvalue weighted by Crippen LogP contribution is 2.44. The van der Waals surface area contributed by atoms with E-state index in [0.29, 0.717) is 5.41 Å². The molecule has 0 aliphatic heterocycles. The summed E-state index contributed by atoms with van der Waals surface area (Å²) in [6.07, 6.45) is 4.98. The number of hydrogen-bond donors (Lipinski definition) is 1. The molecular formula is C17H30N4OS. The molecule has 1 aromatic rings. The first kappa shape index (κ1) is 18.2. The van der Waals surface area contributed by atoms with E-state index in [0.717, 1.165) is 49.3 Å². The third-order valence-electron chi connectivity index (χ3n) is 4.58. The van der Waals surface area contributed by atoms with Crippen molar-refractivity contribution < 1.29 is 4.74 Å². The minimum atomic E-state index is 0.356. The highest BCUT2D eigenvalue weighted by Gasteiger charge is 2.36. The number of aromatic nitrogens is 1. The van der Waals surface area contributed by atoms with Gasteiger partial charge in [0.2, 0.25) is 0 Å². The lowest BCUT2D eigenvalue weighted by molar-refractivity contribution is 0.0776. The van der Waals surface area contributed by atoms with Crippen molar-refractivity contribution in [3.05, 3.63) is 16.1 Å². The van der Waals surface area contributed by atoms with Crippen LogP contribution in [0.5, 0.6) is 0 Å². The molecule has 23 heavy (non-hydrogen) atoms. The number of thiazole rings is 1. The zero-order valence-corrected chi connectivity index (χ0v) is 15.7. The van der Waals surface area contributed by atoms with Crippen LogP contribution in [0.1, 0.15) is 43.3 Å². The van der Waals surface area contributed by atoms with Crippen molar-refractivity contribution in [2.45, 2.75) is 46.1 Å². The van der Waals surface area contributed by atoms with E-state index in [1.807, 2.05) is 6.92 Å². The number of guanidine groups is 1. The Hall–Kier alpha value is -1.14. The fourth-order valence-electron chi connectivity index (χ4n) is 2.99. The van der Waals surface area contributed by atoms with Crippen molar-refractivity contribution in [2.24, 2.45) is 10.4 Å². The molecule has 0 amide bonds. The number of nitrogens with zero attached hydrogens (tertiary/aromatic N) is 3. The van der Waals surface area contributed by atoms with Crippen LogP contribution in [0.25, 0.3) is 0 Å². The van der Waals surface area contributed by atoms with Gasteiger partial charge in [-0.25, -0.2) is 4.98 Å². The summed E-state index contributed by atoms with van der Waals surface area (Å²) in [5, 5.41) is 6.65. The lowest BCUT2D eigenvalue weighted by atomic mass is 9.67. The number of rotatable bonds is 8. The molecule has 0 saturated heterocycles. The Kier molecular flexibility index (Phi) is 6.84. The average Bonchev–Trinajstić information content (AvgIpc) is 2.89. The monoisotopic (exact) mass is 338 g/mol. The number of aryl methyl sites for hydroxylation is 1. The minimum Gasteiger partial charge on any atom is -0.385 e. The van der Waals surface area contributed by atoms with Gasteiger partial charge in [0.25, 0.3) is 0 Å². The summed E-state index contributed by atoms with van der Waals surface area (Å²) in [5.41, 5.74) is 1.47. The number of hydrogen-bond acceptors (Lipinski definition) is 4. The molecule has 0 bridgehead atoms. The summed E-state index contributed by atoms with van der Waals surface area (Å²) < 4.78 is 5.27. The van der Waals surface area contributed by atoms with Crippen LogP contribution < -0.4 is 5.32 Å². The first-order valence-electron chi connectivity index (χ1n) is 8.48. The molecule has 5 nitrogen and oxygen atoms in total. The van der Waals surface area contributed by atoms with E-state index in [2.05, 4.69) is 34.6 Å². The normalized spacial score (nSPS) is 17.0. The summed E-state index contributed by atoms with van der Waals surface area (Å²) in [6, 6.07) is 0. The van der Waals surface area contributed by atoms with Crippen LogP contribution in [0.15, 0.2) is 10.4 Å². The summed E-state index contributed by atoms with van der Waals surface area (Å²) in [7, 11) is 3.86. The average molecular weight is 339 g/mol. The molecule has 0 spiro atoms. The third-order valence-corrected chi connectivity index (χ3v) is 5.40. The molecule has 2 rings (SSSR count). The predicted molar refractivity (Wildman–Crippen MR) is 97.1 cm³/mol. The molecule has 1 N–H and O–H groups in total. The predicted octanol–water partition coefficient (Wildman–Crippen LogP) is 3.06. The maximum atomic E-state index is 5.27. The Labute approximate surface area is 144 Å². The number of aliphatic imine (C=N–C) groups is 1. The Bertz CT molecular complexity index is 510. The standard InChI is InChI=1S/C17H30N4OS/c1-5-18-16(21(3)11-15-12-23-14(2)20-15)19-13-17(7-6-8-17)9-10-22-4/h12H,5-11,13H2,1-4H3,(H,18,19). The van der Waals surface area contributed by atoms with Gasteiger partial charge >= 0.3 is 0 Å². The quantitative estimate of drug-likeness (QED) is 0.585. The van der Waals surface area contributed by atoms with Crippen LogP contribution in [0.4, 0.5) is 0 Å². The highest BCUT2D eigenvalue weighted by atomic mass is 32.1. The summed E-state index contributed by atoms with van der Waals surface area (Å²) in [6.45, 7) is 7.55. The molecule has 0 aromatic carbocycles. The lowest BCUT2D eigenvalue weighted by Gasteiger charge is -2.41. The van der Waals surface area contributed by atoms with Gasteiger partial charge in [0.15, 0.2) is 5.96 Å². The van der Waals surface area contributed by atoms with E-state index in [9.17, 15) is 0 Å². The van der Waals surface area contributed by atoms with E-state index in [4.69, 9.17) is 9.73 Å². The van der Waals surface area contributed by atoms with Crippen molar-refractivity contribution in [1.82, 2.24) is 15.2 Å². The molecule has 1 saturated carbocycles. The topological polar surface area (TPSA) is 49.8 Å². The largest absolute Gasteiger partial charge is 0.385 e. The van der Waals surface area contributed by atoms with Crippen molar-refractivity contribution >= 4 is 17.3 Å². The SMILES string of the molecule is CCNC(=NCC1(CCOC)CCC1)N(C)Cc1csc(C)n1. The molecule has 1 aromatic heterocycles. The Morgan fingerprint density at radius 3 is 2.83 bits per heavy atom. The Morgan fingerprint density at radius 1 is 1.52 bits per heavy atom. The van der Waals surface area contributed by atoms with Gasteiger partial charge in [0, 0.05) is 39.2 Å². The van der Waals surface area contributed by atoms with Gasteiger partial charge in [-0.15, -0.1) is 11.3 Å². The number of methoxy groups -OCH3 is 1. The molecule has 1 heterocycles. The van der Waals surface area contributed by atoms with Gasteiger partial charge in [-0.2, -0.15) is 0 Å². The molecule has 130 valence electrons. The van der Waals surface area contributed by atoms with Crippen molar-refractivity contribution in [2.75, 3.05) is 33.9 Å². The molecular weight excluding hydrogens is 308 g/mol. The van der Waals surface area contributed by atoms with Gasteiger partial charge in [-0.1, -0.05) is 6.42 Å². The highest BCUT2D eigenvalue weighted by molar-refractivity contribution is 7.09. The Balaban J connectivity index is 1.98. The molecule has 0 radical (unpaired) electrons. The van der Waals surface area contributed by atoms with Gasteiger partial charge in [0.05, 0.1) is 17.2 Å². The first-order chi connectivity index (χ1) is 11.1. The van der Waals surface area contributed by atoms with E-state index in [-0.39, 0.29) is 0 Å². The van der Waals surface area contributed by atoms with Crippen LogP contribution in [-0.2, 0) is 11.3 Å². The van der Waals surface area contributed by atoms with Crippen LogP contribution in [0.3, 0.4) is 0 Å². The van der Waals surface area contributed by atoms with Crippen molar-refractivity contribution in [3.8, 4) is 0 Å². The van der Waals surface area contributed by atoms with Gasteiger partial charge in [-0.05, 0) is 38.5 Å². The van der Waals surface area contributed by atoms with Gasteiger partial charge < -0.3 is 15.0 Å². The van der Waals surface area contributed by atoms with E-state index >= 15 is 0 Å². The van der Waals surface area contributed by atoms with E-state index < -0.39 is 0 Å². The molecule has 0 atom stereocenters. The second-order valence-corrected chi connectivity index (χ2v) is 7.54. The first-order valence-corrected chi connectivity index (χ1v) is 9.36. The number of ether oxygens (including phenoxy) is 1. The molecule has 1 fully saturated rings. The zero-order chi connectivity index (χ0) is 16.7. The zero-order valence-electron chi connectivity index (χ0n) is 14.9. The number of nitrogens with one attached hydrogen (secondary N) is 1. The third kappa shape index (κ3) is 5.18. The minimum absolute atomic E-state index is 0.356. The summed E-state index contributed by atoms with van der Waals surface area (Å²) >= 11 is 1.70. The van der Waals surface area contributed by atoms with Gasteiger partial charge in [-0.3, -0.25) is 4.99 Å². The maximum absolute atomic E-state index is 5.27. The molecule has 1 aliphatic rings. The molecule has 6 heteroatoms. The van der Waals surface area contributed by atoms with Crippen LogP contribution in [-0.4, -0.2) is 49.7 Å². The van der Waals surface area contributed by atoms with Gasteiger partial charge in [0.1, 0.15) is 0 Å². The van der Waals surface area contributed by atoms with Crippen LogP contribution in [0.2, 0.25) is 0 Å². The summed E-state index contributed by atoms with van der Waals surface area (Å²) in [5.74, 6) is 0.974. The van der Waals surface area contributed by atoms with E-state index in [1.54, 1.807) is 18.4 Å². The summed E-state index contributed by atoms with van der Waals surface area (Å²) in [4.78, 5) is 11.6. The molecule has 0 unspecified atom stereocenters. The maximum Gasteiger partial charge on any atom is 0.194 e.